The lowest BCUT2D eigenvalue weighted by atomic mass is 10.5. The average molecular weight is 217 g/mol. The monoisotopic (exact) mass is 216 g/mol. The maximum atomic E-state index is 10.1. The van der Waals surface area contributed by atoms with E-state index in [2.05, 4.69) is 4.74 Å². The number of primary amides is 1. The van der Waals surface area contributed by atoms with E-state index in [1.54, 1.807) is 0 Å². The Labute approximate surface area is 85.6 Å². The number of nitrogens with two attached hydrogens (primary N) is 1. The molecule has 13 heavy (non-hydrogen) atoms. The summed E-state index contributed by atoms with van der Waals surface area (Å²) in [5.74, 6) is 0. The summed E-state index contributed by atoms with van der Waals surface area (Å²) in [6.45, 7) is 1.17. The van der Waals surface area contributed by atoms with Crippen LogP contribution in [0.1, 0.15) is 0 Å². The van der Waals surface area contributed by atoms with Gasteiger partial charge in [-0.2, -0.15) is 0 Å². The van der Waals surface area contributed by atoms with E-state index in [0.717, 1.165) is 11.0 Å². The fourth-order valence-corrected chi connectivity index (χ4v) is 0.420. The zero-order valence-electron chi connectivity index (χ0n) is 8.55. The number of hydrogen-bond donors (Lipinski definition) is 3. The van der Waals surface area contributed by atoms with Crippen LogP contribution < -0.4 is 30.4 Å². The Morgan fingerprint density at radius 2 is 1.69 bits per heavy atom. The number of ether oxygens (including phenoxy) is 1. The molecule has 0 atom stereocenters. The molecule has 7 heteroatoms. The summed E-state index contributed by atoms with van der Waals surface area (Å²) in [6.07, 6.45) is -0.701. The number of carbonyl (C=O) groups is 1. The van der Waals surface area contributed by atoms with Crippen LogP contribution in [0.5, 0.6) is 0 Å². The minimum atomic E-state index is -0.701. The molecule has 0 heterocycles. The van der Waals surface area contributed by atoms with Crippen molar-refractivity contribution in [3.63, 3.8) is 0 Å². The second-order valence-corrected chi connectivity index (χ2v) is 3.18. The molecule has 0 radical (unpaired) electrons. The number of rotatable bonds is 3. The van der Waals surface area contributed by atoms with Crippen LogP contribution in [-0.4, -0.2) is 44.9 Å². The van der Waals surface area contributed by atoms with Gasteiger partial charge in [-0.1, -0.05) is 0 Å². The van der Waals surface area contributed by atoms with E-state index in [1.807, 2.05) is 21.1 Å². The first-order valence-electron chi connectivity index (χ1n) is 3.14. The average Bonchev–Trinajstić information content (AvgIpc) is 1.59. The number of halogens is 1. The van der Waals surface area contributed by atoms with E-state index in [9.17, 15) is 4.79 Å². The van der Waals surface area contributed by atoms with Gasteiger partial charge in [0.05, 0.1) is 21.1 Å². The van der Waals surface area contributed by atoms with Crippen LogP contribution in [0.25, 0.3) is 0 Å². The third-order valence-electron chi connectivity index (χ3n) is 1.01. The second kappa shape index (κ2) is 9.53. The van der Waals surface area contributed by atoms with Gasteiger partial charge >= 0.3 is 6.09 Å². The summed E-state index contributed by atoms with van der Waals surface area (Å²) >= 11 is 0. The van der Waals surface area contributed by atoms with Gasteiger partial charge in [-0.25, -0.2) is 4.79 Å². The van der Waals surface area contributed by atoms with E-state index >= 15 is 0 Å². The number of nitrogens with zero attached hydrogens (tertiary/aromatic N) is 1. The first-order valence-corrected chi connectivity index (χ1v) is 3.14. The van der Waals surface area contributed by atoms with Crippen molar-refractivity contribution in [3.8, 4) is 0 Å². The molecule has 0 fully saturated rings. The van der Waals surface area contributed by atoms with Crippen LogP contribution in [0.4, 0.5) is 4.79 Å². The molecule has 0 bridgehead atoms. The molecular weight excluding hydrogens is 196 g/mol. The van der Waals surface area contributed by atoms with Crippen molar-refractivity contribution in [2.75, 3.05) is 34.3 Å². The molecular formula is C6H21ClN4O2. The molecule has 0 aliphatic carbocycles. The number of amides is 1. The maximum Gasteiger partial charge on any atom is 0.404 e. The Hall–Kier alpha value is -0.560. The summed E-state index contributed by atoms with van der Waals surface area (Å²) in [6, 6.07) is 0. The van der Waals surface area contributed by atoms with Gasteiger partial charge in [0.2, 0.25) is 0 Å². The van der Waals surface area contributed by atoms with Crippen LogP contribution in [0.15, 0.2) is 0 Å². The smallest absolute Gasteiger partial charge is 0.404 e. The highest BCUT2D eigenvalue weighted by Gasteiger charge is 2.06. The summed E-state index contributed by atoms with van der Waals surface area (Å²) < 4.78 is 5.31. The topological polar surface area (TPSA) is 122 Å². The molecule has 0 unspecified atom stereocenters. The van der Waals surface area contributed by atoms with Crippen molar-refractivity contribution in [3.05, 3.63) is 0 Å². The number of carbonyl (C=O) groups excluding carboxylic acids is 1. The normalized spacial score (nSPS) is 8.54. The fraction of sp³-hybridized carbons (Fsp3) is 0.833. The van der Waals surface area contributed by atoms with Crippen LogP contribution in [0.3, 0.4) is 0 Å². The van der Waals surface area contributed by atoms with Gasteiger partial charge in [0.25, 0.3) is 0 Å². The zero-order chi connectivity index (χ0) is 8.20. The van der Waals surface area contributed by atoms with Gasteiger partial charge in [0, 0.05) is 0 Å². The molecule has 0 aromatic carbocycles. The van der Waals surface area contributed by atoms with Crippen molar-refractivity contribution >= 4 is 6.09 Å². The predicted molar refractivity (Wildman–Crippen MR) is 48.5 cm³/mol. The minimum absolute atomic E-state index is 0. The van der Waals surface area contributed by atoms with E-state index in [4.69, 9.17) is 5.73 Å². The molecule has 0 saturated heterocycles. The Bertz CT molecular complexity index is 126. The van der Waals surface area contributed by atoms with Crippen LogP contribution in [0, 0.1) is 0 Å². The highest BCUT2D eigenvalue weighted by atomic mass is 35.5. The van der Waals surface area contributed by atoms with Crippen molar-refractivity contribution in [1.82, 2.24) is 12.3 Å². The lowest BCUT2D eigenvalue weighted by molar-refractivity contribution is -0.870. The van der Waals surface area contributed by atoms with Gasteiger partial charge in [0.1, 0.15) is 13.2 Å². The molecule has 0 aliphatic heterocycles. The molecule has 8 N–H and O–H groups in total. The van der Waals surface area contributed by atoms with Crippen LogP contribution in [-0.2, 0) is 4.74 Å². The largest absolute Gasteiger partial charge is 1.00 e. The molecule has 0 aromatic heterocycles. The Kier molecular flexibility index (Phi) is 16.8. The third kappa shape index (κ3) is 24.6. The zero-order valence-corrected chi connectivity index (χ0v) is 9.30. The van der Waals surface area contributed by atoms with Gasteiger partial charge in [-0.05, 0) is 0 Å². The molecule has 1 amide bonds. The molecule has 6 nitrogen and oxygen atoms in total. The summed E-state index contributed by atoms with van der Waals surface area (Å²) in [7, 11) is 6.05. The van der Waals surface area contributed by atoms with Crippen LogP contribution >= 0.6 is 0 Å². The Morgan fingerprint density at radius 3 is 1.92 bits per heavy atom. The number of quaternary nitrogens is 1. The van der Waals surface area contributed by atoms with Crippen molar-refractivity contribution in [2.24, 2.45) is 5.73 Å². The fourth-order valence-electron chi connectivity index (χ4n) is 0.420. The summed E-state index contributed by atoms with van der Waals surface area (Å²) in [4.78, 5) is 10.1. The second-order valence-electron chi connectivity index (χ2n) is 3.18. The highest BCUT2D eigenvalue weighted by Crippen LogP contribution is 1.88. The third-order valence-corrected chi connectivity index (χ3v) is 1.01. The molecule has 0 aromatic rings. The van der Waals surface area contributed by atoms with Gasteiger partial charge in [-0.3, -0.25) is 0 Å². The van der Waals surface area contributed by atoms with Gasteiger partial charge in [-0.15, -0.1) is 0 Å². The summed E-state index contributed by atoms with van der Waals surface area (Å²) in [5, 5.41) is 0. The standard InChI is InChI=1S/C6H14N2O2.ClH.2H3N/c1-8(2,3)4-5-10-6(7)9;;;/h4-5H2,1-3H3,(H-,7,9);1H;2*1H3. The number of likely N-dealkylation sites (N-methyl/N-ethyl adjacent to an activating group) is 1. The lowest BCUT2D eigenvalue weighted by Gasteiger charge is -2.22. The Balaban J connectivity index is -0.000000135. The number of hydrogen-bond acceptors (Lipinski definition) is 4. The van der Waals surface area contributed by atoms with Gasteiger partial charge in [0.15, 0.2) is 0 Å². The van der Waals surface area contributed by atoms with Crippen molar-refractivity contribution < 1.29 is 26.4 Å². The Morgan fingerprint density at radius 1 is 1.31 bits per heavy atom. The van der Waals surface area contributed by atoms with Crippen molar-refractivity contribution in [2.45, 2.75) is 0 Å². The predicted octanol–water partition coefficient (Wildman–Crippen LogP) is -2.88. The van der Waals surface area contributed by atoms with E-state index in [0.29, 0.717) is 6.61 Å². The molecule has 84 valence electrons. The van der Waals surface area contributed by atoms with E-state index in [1.165, 1.54) is 0 Å². The van der Waals surface area contributed by atoms with E-state index < -0.39 is 6.09 Å². The minimum Gasteiger partial charge on any atom is -1.00 e. The van der Waals surface area contributed by atoms with Crippen LogP contribution in [0.2, 0.25) is 0 Å². The molecule has 0 rings (SSSR count). The quantitative estimate of drug-likeness (QED) is 0.439. The first kappa shape index (κ1) is 22.9. The maximum absolute atomic E-state index is 10.1. The first-order chi connectivity index (χ1) is 4.42. The lowest BCUT2D eigenvalue weighted by Crippen LogP contribution is -3.00. The molecule has 0 saturated carbocycles. The SMILES string of the molecule is C[N+](C)(C)CCOC(N)=O.N.N.[Cl-]. The van der Waals surface area contributed by atoms with E-state index in [-0.39, 0.29) is 24.7 Å². The molecule has 0 spiro atoms. The van der Waals surface area contributed by atoms with Gasteiger partial charge < -0.3 is 39.7 Å². The van der Waals surface area contributed by atoms with Crippen molar-refractivity contribution in [1.29, 1.82) is 0 Å². The highest BCUT2D eigenvalue weighted by molar-refractivity contribution is 5.64. The summed E-state index contributed by atoms with van der Waals surface area (Å²) in [5.41, 5.74) is 4.75. The molecule has 0 aliphatic rings.